The number of benzene rings is 1. The molecule has 0 spiro atoms. The lowest BCUT2D eigenvalue weighted by atomic mass is 10.1. The van der Waals surface area contributed by atoms with Crippen molar-refractivity contribution < 1.29 is 17.9 Å². The number of hydrogen-bond donors (Lipinski definition) is 2. The minimum absolute atomic E-state index is 0.200. The zero-order chi connectivity index (χ0) is 21.3. The fourth-order valence-electron chi connectivity index (χ4n) is 3.08. The van der Waals surface area contributed by atoms with E-state index in [0.717, 1.165) is 44.8 Å². The Kier molecular flexibility index (Phi) is 9.03. The van der Waals surface area contributed by atoms with Gasteiger partial charge in [-0.25, -0.2) is 0 Å². The number of guanidine groups is 1. The van der Waals surface area contributed by atoms with E-state index in [0.29, 0.717) is 18.4 Å². The lowest BCUT2D eigenvalue weighted by Crippen LogP contribution is -2.47. The Bertz CT molecular complexity index is 628. The number of aliphatic imine (C=N–C) groups is 1. The van der Waals surface area contributed by atoms with Crippen LogP contribution in [-0.2, 0) is 6.54 Å². The maximum Gasteiger partial charge on any atom is 0.422 e. The van der Waals surface area contributed by atoms with Gasteiger partial charge in [0.1, 0.15) is 5.75 Å². The van der Waals surface area contributed by atoms with E-state index in [2.05, 4.69) is 39.4 Å². The first-order valence-electron chi connectivity index (χ1n) is 9.89. The molecule has 1 saturated heterocycles. The predicted molar refractivity (Wildman–Crippen MR) is 109 cm³/mol. The normalized spacial score (nSPS) is 17.8. The average Bonchev–Trinajstić information content (AvgIpc) is 2.68. The number of halogens is 3. The van der Waals surface area contributed by atoms with Crippen molar-refractivity contribution in [1.82, 2.24) is 20.4 Å². The molecular weight excluding hydrogens is 383 g/mol. The van der Waals surface area contributed by atoms with Crippen molar-refractivity contribution in [3.63, 3.8) is 0 Å². The molecule has 0 aliphatic carbocycles. The summed E-state index contributed by atoms with van der Waals surface area (Å²) in [6.45, 7) is 7.77. The first-order chi connectivity index (χ1) is 13.7. The van der Waals surface area contributed by atoms with Gasteiger partial charge in [-0.1, -0.05) is 19.1 Å². The lowest BCUT2D eigenvalue weighted by Gasteiger charge is -2.34. The summed E-state index contributed by atoms with van der Waals surface area (Å²) in [6, 6.07) is 6.55. The molecule has 0 aromatic heterocycles. The summed E-state index contributed by atoms with van der Waals surface area (Å²) in [6.07, 6.45) is -4.33. The monoisotopic (exact) mass is 415 g/mol. The van der Waals surface area contributed by atoms with Crippen molar-refractivity contribution in [2.24, 2.45) is 10.9 Å². The molecule has 29 heavy (non-hydrogen) atoms. The van der Waals surface area contributed by atoms with Crippen LogP contribution in [0, 0.1) is 5.92 Å². The second-order valence-electron chi connectivity index (χ2n) is 7.56. The number of hydrogen-bond acceptors (Lipinski definition) is 4. The molecule has 1 aliphatic heterocycles. The third-order valence-electron chi connectivity index (χ3n) is 4.79. The van der Waals surface area contributed by atoms with Gasteiger partial charge >= 0.3 is 6.18 Å². The zero-order valence-corrected chi connectivity index (χ0v) is 17.4. The second-order valence-corrected chi connectivity index (χ2v) is 7.56. The molecule has 2 N–H and O–H groups in total. The molecule has 1 unspecified atom stereocenters. The lowest BCUT2D eigenvalue weighted by molar-refractivity contribution is -0.153. The molecule has 1 fully saturated rings. The van der Waals surface area contributed by atoms with Crippen LogP contribution < -0.4 is 15.4 Å². The first kappa shape index (κ1) is 23.3. The standard InChI is InChI=1S/C20H32F3N5O/c1-16(14-28-10-8-27(3)9-11-28)12-25-19(24-2)26-13-17-4-6-18(7-5-17)29-15-20(21,22)23/h4-7,16H,8-15H2,1-3H3,(H2,24,25,26). The van der Waals surface area contributed by atoms with Crippen LogP contribution in [0.5, 0.6) is 5.75 Å². The quantitative estimate of drug-likeness (QED) is 0.504. The maximum absolute atomic E-state index is 12.2. The molecule has 0 saturated carbocycles. The van der Waals surface area contributed by atoms with Gasteiger partial charge < -0.3 is 25.2 Å². The minimum atomic E-state index is -4.33. The topological polar surface area (TPSA) is 52.1 Å². The highest BCUT2D eigenvalue weighted by molar-refractivity contribution is 5.79. The van der Waals surface area contributed by atoms with Gasteiger partial charge in [0.2, 0.25) is 0 Å². The van der Waals surface area contributed by atoms with Crippen LogP contribution >= 0.6 is 0 Å². The van der Waals surface area contributed by atoms with Crippen LogP contribution in [0.25, 0.3) is 0 Å². The summed E-state index contributed by atoms with van der Waals surface area (Å²) in [5.74, 6) is 1.39. The van der Waals surface area contributed by atoms with E-state index in [1.807, 2.05) is 0 Å². The number of piperazine rings is 1. The molecule has 1 atom stereocenters. The molecule has 1 aliphatic rings. The molecule has 0 amide bonds. The largest absolute Gasteiger partial charge is 0.484 e. The molecule has 1 aromatic carbocycles. The number of alkyl halides is 3. The van der Waals surface area contributed by atoms with Crippen molar-refractivity contribution in [3.8, 4) is 5.75 Å². The van der Waals surface area contributed by atoms with E-state index in [9.17, 15) is 13.2 Å². The number of likely N-dealkylation sites (N-methyl/N-ethyl adjacent to an activating group) is 1. The minimum Gasteiger partial charge on any atom is -0.484 e. The first-order valence-corrected chi connectivity index (χ1v) is 9.89. The number of nitrogens with one attached hydrogen (secondary N) is 2. The van der Waals surface area contributed by atoms with Gasteiger partial charge in [-0.05, 0) is 30.7 Å². The van der Waals surface area contributed by atoms with Gasteiger partial charge in [-0.3, -0.25) is 4.99 Å². The van der Waals surface area contributed by atoms with Crippen LogP contribution in [0.4, 0.5) is 13.2 Å². The van der Waals surface area contributed by atoms with E-state index < -0.39 is 12.8 Å². The summed E-state index contributed by atoms with van der Waals surface area (Å²) in [4.78, 5) is 9.07. The van der Waals surface area contributed by atoms with Gasteiger partial charge in [0.05, 0.1) is 0 Å². The van der Waals surface area contributed by atoms with Crippen molar-refractivity contribution in [1.29, 1.82) is 0 Å². The molecule has 1 heterocycles. The van der Waals surface area contributed by atoms with Crippen molar-refractivity contribution in [2.75, 3.05) is 60.0 Å². The zero-order valence-electron chi connectivity index (χ0n) is 17.4. The molecular formula is C20H32F3N5O. The third kappa shape index (κ3) is 9.36. The molecule has 9 heteroatoms. The predicted octanol–water partition coefficient (Wildman–Crippen LogP) is 2.18. The highest BCUT2D eigenvalue weighted by atomic mass is 19.4. The van der Waals surface area contributed by atoms with Crippen LogP contribution in [0.3, 0.4) is 0 Å². The second kappa shape index (κ2) is 11.3. The Morgan fingerprint density at radius 2 is 1.79 bits per heavy atom. The fourth-order valence-corrected chi connectivity index (χ4v) is 3.08. The van der Waals surface area contributed by atoms with Crippen molar-refractivity contribution >= 4 is 5.96 Å². The Morgan fingerprint density at radius 3 is 2.38 bits per heavy atom. The van der Waals surface area contributed by atoms with Crippen LogP contribution in [0.15, 0.2) is 29.3 Å². The molecule has 2 rings (SSSR count). The molecule has 1 aromatic rings. The van der Waals surface area contributed by atoms with Crippen molar-refractivity contribution in [2.45, 2.75) is 19.6 Å². The molecule has 6 nitrogen and oxygen atoms in total. The summed E-state index contributed by atoms with van der Waals surface area (Å²) < 4.78 is 41.3. The van der Waals surface area contributed by atoms with Gasteiger partial charge in [-0.2, -0.15) is 13.2 Å². The molecule has 164 valence electrons. The summed E-state index contributed by atoms with van der Waals surface area (Å²) in [5, 5.41) is 6.56. The maximum atomic E-state index is 12.2. The van der Waals surface area contributed by atoms with E-state index in [1.165, 1.54) is 12.1 Å². The third-order valence-corrected chi connectivity index (χ3v) is 4.79. The van der Waals surface area contributed by atoms with Gasteiger partial charge in [0.25, 0.3) is 0 Å². The highest BCUT2D eigenvalue weighted by Gasteiger charge is 2.28. The van der Waals surface area contributed by atoms with Gasteiger partial charge in [0.15, 0.2) is 12.6 Å². The Hall–Kier alpha value is -2.00. The van der Waals surface area contributed by atoms with Crippen LogP contribution in [0.1, 0.15) is 12.5 Å². The van der Waals surface area contributed by atoms with E-state index in [1.54, 1.807) is 19.2 Å². The average molecular weight is 416 g/mol. The summed E-state index contributed by atoms with van der Waals surface area (Å²) >= 11 is 0. The smallest absolute Gasteiger partial charge is 0.422 e. The number of rotatable bonds is 8. The van der Waals surface area contributed by atoms with E-state index >= 15 is 0 Å². The fraction of sp³-hybridized carbons (Fsp3) is 0.650. The van der Waals surface area contributed by atoms with Crippen LogP contribution in [0.2, 0.25) is 0 Å². The SMILES string of the molecule is CN=C(NCc1ccc(OCC(F)(F)F)cc1)NCC(C)CN1CCN(C)CC1. The molecule has 0 radical (unpaired) electrons. The Balaban J connectivity index is 1.69. The molecule has 0 bridgehead atoms. The highest BCUT2D eigenvalue weighted by Crippen LogP contribution is 2.18. The van der Waals surface area contributed by atoms with Crippen molar-refractivity contribution in [3.05, 3.63) is 29.8 Å². The Labute approximate surface area is 171 Å². The summed E-state index contributed by atoms with van der Waals surface area (Å²) in [7, 11) is 3.87. The van der Waals surface area contributed by atoms with Gasteiger partial charge in [0, 0.05) is 52.9 Å². The number of ether oxygens (including phenoxy) is 1. The summed E-state index contributed by atoms with van der Waals surface area (Å²) in [5.41, 5.74) is 0.929. The van der Waals surface area contributed by atoms with E-state index in [4.69, 9.17) is 4.74 Å². The number of nitrogens with zero attached hydrogens (tertiary/aromatic N) is 3. The Morgan fingerprint density at radius 1 is 1.14 bits per heavy atom. The van der Waals surface area contributed by atoms with E-state index in [-0.39, 0.29) is 5.75 Å². The van der Waals surface area contributed by atoms with Gasteiger partial charge in [-0.15, -0.1) is 0 Å². The van der Waals surface area contributed by atoms with Crippen LogP contribution in [-0.4, -0.2) is 81.9 Å².